The molecule has 22 heavy (non-hydrogen) atoms. The monoisotopic (exact) mass is 328 g/mol. The first-order valence-corrected chi connectivity index (χ1v) is 8.79. The van der Waals surface area contributed by atoms with Crippen LogP contribution in [0.15, 0.2) is 30.3 Å². The van der Waals surface area contributed by atoms with Crippen molar-refractivity contribution in [2.24, 2.45) is 0 Å². The standard InChI is InChI=1S/C14H20NO6P/c15-14(13(18)19,10-11-4-2-1-3-5-11)7-9-22(20,21)8-6-12(16)17/h1-5H,6-10,15H2,(H,16,17)(H,18,19)(H,20,21)/p-1/t14-/m1/s1. The SMILES string of the molecule is [NH3+][C@](CCP(=O)(O)CCC(=O)[O-])(Cc1ccccc1)C(=O)[O-]. The fourth-order valence-corrected chi connectivity index (χ4v) is 3.55. The molecule has 0 amide bonds. The number of carboxylic acid groups (broad SMARTS) is 2. The maximum Gasteiger partial charge on any atom is 0.201 e. The Morgan fingerprint density at radius 3 is 2.27 bits per heavy atom. The van der Waals surface area contributed by atoms with Crippen LogP contribution in [0.1, 0.15) is 18.4 Å². The number of benzene rings is 1. The van der Waals surface area contributed by atoms with Crippen LogP contribution in [0.2, 0.25) is 0 Å². The highest BCUT2D eigenvalue weighted by Crippen LogP contribution is 2.42. The minimum atomic E-state index is -3.74. The first-order valence-electron chi connectivity index (χ1n) is 6.76. The van der Waals surface area contributed by atoms with Crippen molar-refractivity contribution in [1.29, 1.82) is 0 Å². The third-order valence-electron chi connectivity index (χ3n) is 3.42. The van der Waals surface area contributed by atoms with Gasteiger partial charge in [-0.25, -0.2) is 0 Å². The van der Waals surface area contributed by atoms with Gasteiger partial charge in [0.1, 0.15) is 11.5 Å². The Labute approximate surface area is 128 Å². The van der Waals surface area contributed by atoms with Crippen LogP contribution in [0.5, 0.6) is 0 Å². The van der Waals surface area contributed by atoms with E-state index < -0.39 is 37.4 Å². The number of carboxylic acids is 2. The first-order chi connectivity index (χ1) is 10.1. The van der Waals surface area contributed by atoms with Crippen molar-refractivity contribution in [1.82, 2.24) is 0 Å². The molecule has 0 radical (unpaired) electrons. The first kappa shape index (κ1) is 18.4. The molecule has 1 unspecified atom stereocenters. The fraction of sp³-hybridized carbons (Fsp3) is 0.429. The molecule has 0 aliphatic rings. The lowest BCUT2D eigenvalue weighted by molar-refractivity contribution is -0.486. The van der Waals surface area contributed by atoms with Gasteiger partial charge in [-0.2, -0.15) is 0 Å². The molecule has 1 aromatic rings. The van der Waals surface area contributed by atoms with E-state index in [2.05, 4.69) is 5.73 Å². The lowest BCUT2D eigenvalue weighted by Crippen LogP contribution is -2.80. The minimum Gasteiger partial charge on any atom is -0.550 e. The molecule has 0 saturated carbocycles. The minimum absolute atomic E-state index is 0.0661. The molecule has 0 saturated heterocycles. The maximum atomic E-state index is 11.9. The topological polar surface area (TPSA) is 145 Å². The summed E-state index contributed by atoms with van der Waals surface area (Å²) in [6.07, 6.45) is -1.42. The summed E-state index contributed by atoms with van der Waals surface area (Å²) in [6.45, 7) is 0. The molecule has 1 rings (SSSR count). The van der Waals surface area contributed by atoms with Crippen LogP contribution in [-0.4, -0.2) is 34.7 Å². The van der Waals surface area contributed by atoms with Crippen molar-refractivity contribution in [3.8, 4) is 0 Å². The summed E-state index contributed by atoms with van der Waals surface area (Å²) in [6, 6.07) is 8.76. The summed E-state index contributed by atoms with van der Waals surface area (Å²) >= 11 is 0. The third kappa shape index (κ3) is 5.97. The number of aliphatic carboxylic acids is 2. The van der Waals surface area contributed by atoms with Crippen molar-refractivity contribution in [3.05, 3.63) is 35.9 Å². The molecule has 0 aliphatic heterocycles. The summed E-state index contributed by atoms with van der Waals surface area (Å²) in [5, 5.41) is 21.7. The lowest BCUT2D eigenvalue weighted by Gasteiger charge is -2.28. The van der Waals surface area contributed by atoms with Crippen molar-refractivity contribution in [2.75, 3.05) is 12.3 Å². The van der Waals surface area contributed by atoms with E-state index >= 15 is 0 Å². The number of carbonyl (C=O) groups excluding carboxylic acids is 2. The van der Waals surface area contributed by atoms with Crippen LogP contribution in [0.3, 0.4) is 0 Å². The molecule has 4 N–H and O–H groups in total. The predicted octanol–water partition coefficient (Wildman–Crippen LogP) is -2.24. The third-order valence-corrected chi connectivity index (χ3v) is 5.27. The van der Waals surface area contributed by atoms with Gasteiger partial charge in [0.25, 0.3) is 0 Å². The Morgan fingerprint density at radius 2 is 1.77 bits per heavy atom. The Kier molecular flexibility index (Phi) is 6.29. The van der Waals surface area contributed by atoms with Gasteiger partial charge in [0.2, 0.25) is 7.37 Å². The van der Waals surface area contributed by atoms with Crippen molar-refractivity contribution < 1.29 is 35.0 Å². The van der Waals surface area contributed by atoms with E-state index in [1.54, 1.807) is 30.3 Å². The molecule has 0 aliphatic carbocycles. The molecule has 2 atom stereocenters. The number of hydrogen-bond acceptors (Lipinski definition) is 5. The van der Waals surface area contributed by atoms with E-state index in [4.69, 9.17) is 0 Å². The van der Waals surface area contributed by atoms with Crippen LogP contribution in [0.25, 0.3) is 0 Å². The average molecular weight is 328 g/mol. The molecule has 0 bridgehead atoms. The average Bonchev–Trinajstić information content (AvgIpc) is 2.44. The summed E-state index contributed by atoms with van der Waals surface area (Å²) in [5.41, 5.74) is 2.83. The Morgan fingerprint density at radius 1 is 1.18 bits per heavy atom. The summed E-state index contributed by atoms with van der Waals surface area (Å²) < 4.78 is 11.9. The second-order valence-electron chi connectivity index (χ2n) is 5.40. The van der Waals surface area contributed by atoms with Crippen molar-refractivity contribution in [3.63, 3.8) is 0 Å². The van der Waals surface area contributed by atoms with Crippen molar-refractivity contribution in [2.45, 2.75) is 24.8 Å². The Balaban J connectivity index is 2.73. The van der Waals surface area contributed by atoms with Gasteiger partial charge in [0, 0.05) is 31.1 Å². The smallest absolute Gasteiger partial charge is 0.201 e. The molecule has 122 valence electrons. The van der Waals surface area contributed by atoms with Gasteiger partial charge in [0.15, 0.2) is 0 Å². The molecule has 0 spiro atoms. The fourth-order valence-electron chi connectivity index (χ4n) is 2.02. The highest BCUT2D eigenvalue weighted by atomic mass is 31.2. The summed E-state index contributed by atoms with van der Waals surface area (Å²) in [4.78, 5) is 31.4. The Hall–Kier alpha value is -1.69. The van der Waals surface area contributed by atoms with Crippen LogP contribution < -0.4 is 15.9 Å². The predicted molar refractivity (Wildman–Crippen MR) is 74.6 cm³/mol. The van der Waals surface area contributed by atoms with Crippen LogP contribution >= 0.6 is 7.37 Å². The van der Waals surface area contributed by atoms with Gasteiger partial charge >= 0.3 is 0 Å². The molecule has 8 heteroatoms. The molecule has 1 aromatic carbocycles. The number of rotatable bonds is 9. The summed E-state index contributed by atoms with van der Waals surface area (Å²) in [7, 11) is -3.74. The van der Waals surface area contributed by atoms with Crippen LogP contribution in [-0.2, 0) is 20.6 Å². The lowest BCUT2D eigenvalue weighted by atomic mass is 9.89. The second kappa shape index (κ2) is 7.54. The maximum absolute atomic E-state index is 11.9. The van der Waals surface area contributed by atoms with E-state index in [1.807, 2.05) is 0 Å². The molecular formula is C14H19NO6P-. The van der Waals surface area contributed by atoms with Gasteiger partial charge in [-0.05, 0) is 12.0 Å². The van der Waals surface area contributed by atoms with Crippen LogP contribution in [0.4, 0.5) is 0 Å². The van der Waals surface area contributed by atoms with Gasteiger partial charge in [-0.15, -0.1) is 0 Å². The number of hydrogen-bond donors (Lipinski definition) is 2. The van der Waals surface area contributed by atoms with Gasteiger partial charge in [-0.3, -0.25) is 4.57 Å². The van der Waals surface area contributed by atoms with Crippen molar-refractivity contribution >= 4 is 19.3 Å². The van der Waals surface area contributed by atoms with E-state index in [9.17, 15) is 29.3 Å². The molecule has 0 heterocycles. The van der Waals surface area contributed by atoms with Gasteiger partial charge < -0.3 is 30.4 Å². The molecule has 0 fully saturated rings. The highest BCUT2D eigenvalue weighted by molar-refractivity contribution is 7.58. The normalized spacial score (nSPS) is 16.5. The van der Waals surface area contributed by atoms with Gasteiger partial charge in [-0.1, -0.05) is 30.3 Å². The van der Waals surface area contributed by atoms with E-state index in [1.165, 1.54) is 0 Å². The number of quaternary nitrogens is 1. The van der Waals surface area contributed by atoms with Gasteiger partial charge in [0.05, 0.1) is 0 Å². The van der Waals surface area contributed by atoms with Crippen LogP contribution in [0, 0.1) is 0 Å². The quantitative estimate of drug-likeness (QED) is 0.490. The Bertz CT molecular complexity index is 576. The molecule has 7 nitrogen and oxygen atoms in total. The number of carbonyl (C=O) groups is 2. The second-order valence-corrected chi connectivity index (χ2v) is 7.98. The largest absolute Gasteiger partial charge is 0.550 e. The zero-order chi connectivity index (χ0) is 16.8. The zero-order valence-electron chi connectivity index (χ0n) is 12.1. The van der Waals surface area contributed by atoms with E-state index in [-0.39, 0.29) is 19.0 Å². The molecular weight excluding hydrogens is 309 g/mol. The molecule has 0 aromatic heterocycles. The highest BCUT2D eigenvalue weighted by Gasteiger charge is 2.34. The zero-order valence-corrected chi connectivity index (χ0v) is 13.0. The van der Waals surface area contributed by atoms with E-state index in [0.717, 1.165) is 5.56 Å². The van der Waals surface area contributed by atoms with E-state index in [0.29, 0.717) is 0 Å². The summed E-state index contributed by atoms with van der Waals surface area (Å²) in [5.74, 6) is -2.82.